The molecule has 1 aliphatic heterocycles. The number of benzene rings is 1. The molecule has 0 unspecified atom stereocenters. The van der Waals surface area contributed by atoms with Gasteiger partial charge in [-0.15, -0.1) is 0 Å². The molecule has 0 bridgehead atoms. The lowest BCUT2D eigenvalue weighted by Crippen LogP contribution is -2.42. The SMILES string of the molecule is Cc1ccc(N2CN=c3s/c(=C\c4cccnc4)c(=O)n3C2)cc1C. The van der Waals surface area contributed by atoms with Gasteiger partial charge in [-0.2, -0.15) is 0 Å². The van der Waals surface area contributed by atoms with E-state index in [9.17, 15) is 4.79 Å². The number of hydrogen-bond acceptors (Lipinski definition) is 5. The van der Waals surface area contributed by atoms with Crippen LogP contribution in [0, 0.1) is 13.8 Å². The second-order valence-corrected chi connectivity index (χ2v) is 7.17. The van der Waals surface area contributed by atoms with Crippen LogP contribution in [0.5, 0.6) is 0 Å². The Balaban J connectivity index is 1.72. The van der Waals surface area contributed by atoms with Crippen molar-refractivity contribution in [3.8, 4) is 0 Å². The Labute approximate surface area is 149 Å². The van der Waals surface area contributed by atoms with Crippen molar-refractivity contribution in [2.24, 2.45) is 4.99 Å². The molecule has 0 spiro atoms. The number of rotatable bonds is 2. The zero-order valence-electron chi connectivity index (χ0n) is 14.1. The molecule has 3 heterocycles. The van der Waals surface area contributed by atoms with Crippen LogP contribution in [0.3, 0.4) is 0 Å². The molecule has 2 aromatic heterocycles. The molecule has 6 heteroatoms. The average Bonchev–Trinajstić information content (AvgIpc) is 2.94. The van der Waals surface area contributed by atoms with E-state index < -0.39 is 0 Å². The van der Waals surface area contributed by atoms with Crippen LogP contribution in [0.15, 0.2) is 52.5 Å². The van der Waals surface area contributed by atoms with Gasteiger partial charge in [-0.05, 0) is 54.8 Å². The third-order valence-electron chi connectivity index (χ3n) is 4.41. The maximum absolute atomic E-state index is 12.8. The van der Waals surface area contributed by atoms with E-state index in [4.69, 9.17) is 0 Å². The van der Waals surface area contributed by atoms with Crippen LogP contribution in [0.25, 0.3) is 6.08 Å². The van der Waals surface area contributed by atoms with Gasteiger partial charge in [0.05, 0.1) is 4.53 Å². The molecule has 3 aromatic rings. The van der Waals surface area contributed by atoms with Crippen LogP contribution in [0.4, 0.5) is 5.69 Å². The highest BCUT2D eigenvalue weighted by molar-refractivity contribution is 7.07. The first kappa shape index (κ1) is 15.8. The van der Waals surface area contributed by atoms with Gasteiger partial charge in [0.25, 0.3) is 5.56 Å². The van der Waals surface area contributed by atoms with Crippen molar-refractivity contribution in [1.82, 2.24) is 9.55 Å². The molecule has 126 valence electrons. The van der Waals surface area contributed by atoms with Crippen molar-refractivity contribution in [1.29, 1.82) is 0 Å². The molecular weight excluding hydrogens is 332 g/mol. The monoisotopic (exact) mass is 350 g/mol. The fourth-order valence-corrected chi connectivity index (χ4v) is 3.77. The maximum Gasteiger partial charge on any atom is 0.271 e. The number of nitrogens with zero attached hydrogens (tertiary/aromatic N) is 4. The van der Waals surface area contributed by atoms with Gasteiger partial charge >= 0.3 is 0 Å². The molecule has 25 heavy (non-hydrogen) atoms. The Morgan fingerprint density at radius 1 is 1.20 bits per heavy atom. The van der Waals surface area contributed by atoms with E-state index in [2.05, 4.69) is 46.9 Å². The van der Waals surface area contributed by atoms with Gasteiger partial charge < -0.3 is 4.90 Å². The third-order valence-corrected chi connectivity index (χ3v) is 5.46. The molecule has 0 fully saturated rings. The van der Waals surface area contributed by atoms with E-state index in [1.807, 2.05) is 18.2 Å². The third kappa shape index (κ3) is 3.00. The summed E-state index contributed by atoms with van der Waals surface area (Å²) >= 11 is 1.43. The van der Waals surface area contributed by atoms with Gasteiger partial charge in [0.1, 0.15) is 13.3 Å². The van der Waals surface area contributed by atoms with Crippen LogP contribution in [-0.2, 0) is 6.67 Å². The van der Waals surface area contributed by atoms with Crippen molar-refractivity contribution in [3.05, 3.63) is 79.1 Å². The zero-order valence-corrected chi connectivity index (χ0v) is 15.0. The lowest BCUT2D eigenvalue weighted by Gasteiger charge is -2.26. The van der Waals surface area contributed by atoms with Gasteiger partial charge in [-0.25, -0.2) is 4.99 Å². The van der Waals surface area contributed by atoms with Crippen LogP contribution in [0.2, 0.25) is 0 Å². The summed E-state index contributed by atoms with van der Waals surface area (Å²) in [7, 11) is 0. The number of fused-ring (bicyclic) bond motifs is 1. The zero-order chi connectivity index (χ0) is 17.4. The summed E-state index contributed by atoms with van der Waals surface area (Å²) in [5.74, 6) is 0. The number of aromatic nitrogens is 2. The Hall–Kier alpha value is -2.73. The summed E-state index contributed by atoms with van der Waals surface area (Å²) < 4.78 is 2.43. The number of pyridine rings is 1. The topological polar surface area (TPSA) is 50.5 Å². The summed E-state index contributed by atoms with van der Waals surface area (Å²) in [5.41, 5.74) is 4.52. The molecule has 0 amide bonds. The normalized spacial score (nSPS) is 14.3. The minimum absolute atomic E-state index is 0.00105. The molecule has 0 N–H and O–H groups in total. The number of thiazole rings is 1. The fraction of sp³-hybridized carbons (Fsp3) is 0.211. The van der Waals surface area contributed by atoms with Crippen molar-refractivity contribution >= 4 is 23.1 Å². The highest BCUT2D eigenvalue weighted by atomic mass is 32.1. The quantitative estimate of drug-likeness (QED) is 0.708. The first-order valence-electron chi connectivity index (χ1n) is 8.10. The molecule has 5 nitrogen and oxygen atoms in total. The van der Waals surface area contributed by atoms with Crippen molar-refractivity contribution in [2.45, 2.75) is 20.5 Å². The second-order valence-electron chi connectivity index (χ2n) is 6.16. The van der Waals surface area contributed by atoms with Crippen LogP contribution >= 0.6 is 11.3 Å². The van der Waals surface area contributed by atoms with E-state index in [-0.39, 0.29) is 5.56 Å². The minimum Gasteiger partial charge on any atom is -0.334 e. The van der Waals surface area contributed by atoms with Gasteiger partial charge in [-0.3, -0.25) is 14.3 Å². The second kappa shape index (κ2) is 6.29. The predicted octanol–water partition coefficient (Wildman–Crippen LogP) is 1.81. The lowest BCUT2D eigenvalue weighted by molar-refractivity contribution is 0.569. The Morgan fingerprint density at radius 3 is 2.84 bits per heavy atom. The molecule has 0 atom stereocenters. The summed E-state index contributed by atoms with van der Waals surface area (Å²) in [4.78, 5) is 24.3. The highest BCUT2D eigenvalue weighted by Gasteiger charge is 2.16. The van der Waals surface area contributed by atoms with Gasteiger partial charge in [0.2, 0.25) is 0 Å². The van der Waals surface area contributed by atoms with Crippen molar-refractivity contribution < 1.29 is 0 Å². The largest absolute Gasteiger partial charge is 0.334 e. The van der Waals surface area contributed by atoms with Crippen LogP contribution < -0.4 is 19.8 Å². The fourth-order valence-electron chi connectivity index (χ4n) is 2.81. The molecule has 0 radical (unpaired) electrons. The average molecular weight is 350 g/mol. The maximum atomic E-state index is 12.8. The van der Waals surface area contributed by atoms with Gasteiger partial charge in [-0.1, -0.05) is 23.5 Å². The number of aryl methyl sites for hydroxylation is 2. The lowest BCUT2D eigenvalue weighted by atomic mass is 10.1. The smallest absolute Gasteiger partial charge is 0.271 e. The van der Waals surface area contributed by atoms with Crippen molar-refractivity contribution in [3.63, 3.8) is 0 Å². The highest BCUT2D eigenvalue weighted by Crippen LogP contribution is 2.19. The molecule has 1 aliphatic rings. The van der Waals surface area contributed by atoms with Crippen LogP contribution in [-0.4, -0.2) is 16.2 Å². The summed E-state index contributed by atoms with van der Waals surface area (Å²) in [6.45, 7) is 5.29. The van der Waals surface area contributed by atoms with E-state index in [0.29, 0.717) is 17.9 Å². The molecule has 1 aromatic carbocycles. The summed E-state index contributed by atoms with van der Waals surface area (Å²) in [6, 6.07) is 10.1. The molecule has 0 saturated carbocycles. The summed E-state index contributed by atoms with van der Waals surface area (Å²) in [6.07, 6.45) is 5.35. The first-order valence-corrected chi connectivity index (χ1v) is 8.91. The molecular formula is C19H18N4OS. The van der Waals surface area contributed by atoms with E-state index in [1.165, 1.54) is 22.5 Å². The van der Waals surface area contributed by atoms with E-state index in [1.54, 1.807) is 17.0 Å². The van der Waals surface area contributed by atoms with Crippen LogP contribution in [0.1, 0.15) is 16.7 Å². The van der Waals surface area contributed by atoms with Gasteiger partial charge in [0, 0.05) is 18.1 Å². The van der Waals surface area contributed by atoms with E-state index >= 15 is 0 Å². The summed E-state index contributed by atoms with van der Waals surface area (Å²) in [5, 5.41) is 0. The predicted molar refractivity (Wildman–Crippen MR) is 100 cm³/mol. The number of hydrogen-bond donors (Lipinski definition) is 0. The molecule has 0 aliphatic carbocycles. The Kier molecular flexibility index (Phi) is 3.97. The molecule has 4 rings (SSSR count). The number of anilines is 1. The molecule has 0 saturated heterocycles. The first-order chi connectivity index (χ1) is 12.1. The van der Waals surface area contributed by atoms with Gasteiger partial charge in [0.15, 0.2) is 4.80 Å². The Morgan fingerprint density at radius 2 is 2.08 bits per heavy atom. The standard InChI is InChI=1S/C19H18N4OS/c1-13-5-6-16(8-14(13)2)22-11-21-19-23(12-22)18(24)17(25-19)9-15-4-3-7-20-10-15/h3-10H,11-12H2,1-2H3/b17-9-. The minimum atomic E-state index is 0.00105. The van der Waals surface area contributed by atoms with Crippen molar-refractivity contribution in [2.75, 3.05) is 11.6 Å². The Bertz CT molecular complexity index is 1100. The van der Waals surface area contributed by atoms with E-state index in [0.717, 1.165) is 16.1 Å².